The molecule has 0 spiro atoms. The number of piperazine rings is 1. The molecule has 8 heteroatoms. The number of halogens is 1. The van der Waals surface area contributed by atoms with Gasteiger partial charge in [-0.1, -0.05) is 66.2 Å². The number of carbonyl (C=O) groups excluding carboxylic acids is 1. The van der Waals surface area contributed by atoms with Gasteiger partial charge in [0.15, 0.2) is 0 Å². The van der Waals surface area contributed by atoms with Crippen molar-refractivity contribution in [3.8, 4) is 17.2 Å². The van der Waals surface area contributed by atoms with Crippen LogP contribution >= 0.6 is 11.6 Å². The van der Waals surface area contributed by atoms with Crippen molar-refractivity contribution in [3.63, 3.8) is 0 Å². The van der Waals surface area contributed by atoms with Crippen LogP contribution in [0.4, 0.5) is 5.69 Å². The van der Waals surface area contributed by atoms with Gasteiger partial charge in [0.1, 0.15) is 16.5 Å². The summed E-state index contributed by atoms with van der Waals surface area (Å²) in [6, 6.07) is 25.0. The summed E-state index contributed by atoms with van der Waals surface area (Å²) in [5.74, 6) is 1.64. The Morgan fingerprint density at radius 3 is 2.11 bits per heavy atom. The number of nitrogens with zero attached hydrogens (tertiary/aromatic N) is 4. The average Bonchev–Trinajstić information content (AvgIpc) is 2.95. The fourth-order valence-electron chi connectivity index (χ4n) is 5.13. The Morgan fingerprint density at radius 2 is 1.46 bits per heavy atom. The molecule has 1 aromatic heterocycles. The van der Waals surface area contributed by atoms with E-state index >= 15 is 0 Å². The minimum atomic E-state index is -0.360. The number of anilines is 1. The molecule has 37 heavy (non-hydrogen) atoms. The largest absolute Gasteiger partial charge is 0.457 e. The van der Waals surface area contributed by atoms with Gasteiger partial charge in [-0.3, -0.25) is 9.59 Å². The molecular formula is C29H25ClN4O3. The van der Waals surface area contributed by atoms with Crippen LogP contribution in [0.2, 0.25) is 5.02 Å². The highest BCUT2D eigenvalue weighted by molar-refractivity contribution is 6.33. The summed E-state index contributed by atoms with van der Waals surface area (Å²) in [5.41, 5.74) is 2.96. The highest BCUT2D eigenvalue weighted by Gasteiger charge is 2.31. The quantitative estimate of drug-likeness (QED) is 0.390. The monoisotopic (exact) mass is 512 g/mol. The molecule has 7 nitrogen and oxygen atoms in total. The first-order chi connectivity index (χ1) is 18.1. The van der Waals surface area contributed by atoms with E-state index in [0.717, 1.165) is 22.6 Å². The van der Waals surface area contributed by atoms with Gasteiger partial charge in [-0.25, -0.2) is 0 Å². The molecule has 0 atom stereocenters. The van der Waals surface area contributed by atoms with Gasteiger partial charge in [0.25, 0.3) is 5.56 Å². The SMILES string of the molecule is O=C(CC1c2ccccc2Oc2ccccc21)N1CCN(c2cnn(-c3ccccc3)c(=O)c2Cl)CC1. The lowest BCUT2D eigenvalue weighted by molar-refractivity contribution is -0.131. The summed E-state index contributed by atoms with van der Waals surface area (Å²) in [4.78, 5) is 30.2. The molecule has 3 heterocycles. The van der Waals surface area contributed by atoms with E-state index in [1.54, 1.807) is 6.20 Å². The maximum atomic E-state index is 13.4. The molecular weight excluding hydrogens is 488 g/mol. The lowest BCUT2D eigenvalue weighted by atomic mass is 9.85. The van der Waals surface area contributed by atoms with Crippen LogP contribution in [0.3, 0.4) is 0 Å². The van der Waals surface area contributed by atoms with Crippen LogP contribution in [0.25, 0.3) is 5.69 Å². The first-order valence-corrected chi connectivity index (χ1v) is 12.7. The molecule has 0 radical (unpaired) electrons. The summed E-state index contributed by atoms with van der Waals surface area (Å²) >= 11 is 6.50. The van der Waals surface area contributed by atoms with Crippen LogP contribution in [-0.2, 0) is 4.79 Å². The summed E-state index contributed by atoms with van der Waals surface area (Å²) in [6.45, 7) is 2.23. The average molecular weight is 513 g/mol. The van der Waals surface area contributed by atoms with Crippen molar-refractivity contribution in [1.29, 1.82) is 0 Å². The summed E-state index contributed by atoms with van der Waals surface area (Å²) in [5, 5.41) is 4.48. The van der Waals surface area contributed by atoms with Crippen molar-refractivity contribution in [1.82, 2.24) is 14.7 Å². The van der Waals surface area contributed by atoms with Crippen molar-refractivity contribution >= 4 is 23.2 Å². The van der Waals surface area contributed by atoms with Crippen LogP contribution in [0.1, 0.15) is 23.5 Å². The van der Waals surface area contributed by atoms with Crippen LogP contribution in [0.15, 0.2) is 89.9 Å². The number of rotatable bonds is 4. The van der Waals surface area contributed by atoms with Gasteiger partial charge in [0.05, 0.1) is 17.6 Å². The normalized spacial score (nSPS) is 15.1. The molecule has 2 aliphatic heterocycles. The smallest absolute Gasteiger partial charge is 0.292 e. The molecule has 0 bridgehead atoms. The zero-order valence-electron chi connectivity index (χ0n) is 20.1. The molecule has 0 N–H and O–H groups in total. The van der Waals surface area contributed by atoms with Gasteiger partial charge >= 0.3 is 0 Å². The molecule has 0 unspecified atom stereocenters. The Kier molecular flexibility index (Phi) is 6.14. The number of benzene rings is 3. The molecule has 0 saturated carbocycles. The van der Waals surface area contributed by atoms with Gasteiger partial charge in [-0.15, -0.1) is 0 Å². The van der Waals surface area contributed by atoms with E-state index in [-0.39, 0.29) is 22.4 Å². The zero-order valence-corrected chi connectivity index (χ0v) is 20.8. The standard InChI is InChI=1S/C29H25ClN4O3/c30-28-24(19-31-34(29(28)36)20-8-2-1-3-9-20)32-14-16-33(17-15-32)27(35)18-23-21-10-4-6-12-25(21)37-26-13-7-5-11-22(23)26/h1-13,19,23H,14-18H2. The van der Waals surface area contributed by atoms with Crippen LogP contribution in [-0.4, -0.2) is 46.8 Å². The predicted molar refractivity (Wildman–Crippen MR) is 143 cm³/mol. The third kappa shape index (κ3) is 4.36. The first kappa shape index (κ1) is 23.3. The molecule has 6 rings (SSSR count). The Balaban J connectivity index is 1.16. The van der Waals surface area contributed by atoms with E-state index in [9.17, 15) is 9.59 Å². The lowest BCUT2D eigenvalue weighted by Gasteiger charge is -2.37. The second-order valence-electron chi connectivity index (χ2n) is 9.20. The number of fused-ring (bicyclic) bond motifs is 2. The number of hydrogen-bond acceptors (Lipinski definition) is 5. The van der Waals surface area contributed by atoms with Gasteiger partial charge in [0.2, 0.25) is 5.91 Å². The minimum Gasteiger partial charge on any atom is -0.457 e. The van der Waals surface area contributed by atoms with Crippen LogP contribution < -0.4 is 15.2 Å². The predicted octanol–water partition coefficient (Wildman–Crippen LogP) is 4.86. The number of aromatic nitrogens is 2. The maximum absolute atomic E-state index is 13.4. The molecule has 0 aliphatic carbocycles. The Labute approximate surface area is 219 Å². The second kappa shape index (κ2) is 9.75. The van der Waals surface area contributed by atoms with Crippen molar-refractivity contribution in [2.24, 2.45) is 0 Å². The van der Waals surface area contributed by atoms with E-state index in [2.05, 4.69) is 5.10 Å². The summed E-state index contributed by atoms with van der Waals surface area (Å²) in [7, 11) is 0. The number of ether oxygens (including phenoxy) is 1. The van der Waals surface area contributed by atoms with E-state index in [1.165, 1.54) is 4.68 Å². The Hall–Kier alpha value is -4.10. The van der Waals surface area contributed by atoms with E-state index in [0.29, 0.717) is 44.0 Å². The number of hydrogen-bond donors (Lipinski definition) is 0. The molecule has 3 aromatic carbocycles. The van der Waals surface area contributed by atoms with Crippen molar-refractivity contribution in [2.75, 3.05) is 31.1 Å². The van der Waals surface area contributed by atoms with E-state index in [1.807, 2.05) is 88.7 Å². The number of amides is 1. The first-order valence-electron chi connectivity index (χ1n) is 12.3. The van der Waals surface area contributed by atoms with E-state index < -0.39 is 0 Å². The molecule has 1 amide bonds. The maximum Gasteiger partial charge on any atom is 0.292 e. The second-order valence-corrected chi connectivity index (χ2v) is 9.58. The van der Waals surface area contributed by atoms with Crippen molar-refractivity contribution < 1.29 is 9.53 Å². The topological polar surface area (TPSA) is 67.7 Å². The van der Waals surface area contributed by atoms with Gasteiger partial charge in [0, 0.05) is 49.6 Å². The van der Waals surface area contributed by atoms with Crippen LogP contribution in [0.5, 0.6) is 11.5 Å². The molecule has 1 fully saturated rings. The van der Waals surface area contributed by atoms with E-state index in [4.69, 9.17) is 16.3 Å². The molecule has 186 valence electrons. The summed E-state index contributed by atoms with van der Waals surface area (Å²) < 4.78 is 7.38. The summed E-state index contributed by atoms with van der Waals surface area (Å²) in [6.07, 6.45) is 2.00. The fraction of sp³-hybridized carbons (Fsp3) is 0.207. The van der Waals surface area contributed by atoms with Crippen molar-refractivity contribution in [3.05, 3.63) is 112 Å². The third-order valence-electron chi connectivity index (χ3n) is 7.06. The fourth-order valence-corrected chi connectivity index (χ4v) is 5.38. The molecule has 4 aromatic rings. The zero-order chi connectivity index (χ0) is 25.4. The van der Waals surface area contributed by atoms with Gasteiger partial charge < -0.3 is 14.5 Å². The number of carbonyl (C=O) groups is 1. The highest BCUT2D eigenvalue weighted by atomic mass is 35.5. The minimum absolute atomic E-state index is 0.0594. The van der Waals surface area contributed by atoms with Gasteiger partial charge in [-0.05, 0) is 24.3 Å². The third-order valence-corrected chi connectivity index (χ3v) is 7.42. The molecule has 1 saturated heterocycles. The van der Waals surface area contributed by atoms with Gasteiger partial charge in [-0.2, -0.15) is 9.78 Å². The highest BCUT2D eigenvalue weighted by Crippen LogP contribution is 2.45. The Morgan fingerprint density at radius 1 is 0.865 bits per heavy atom. The van der Waals surface area contributed by atoms with Crippen molar-refractivity contribution in [2.45, 2.75) is 12.3 Å². The lowest BCUT2D eigenvalue weighted by Crippen LogP contribution is -2.49. The molecule has 2 aliphatic rings. The van der Waals surface area contributed by atoms with Crippen LogP contribution in [0, 0.1) is 0 Å². The Bertz CT molecular complexity index is 1470. The number of para-hydroxylation sites is 3.